The van der Waals surface area contributed by atoms with Gasteiger partial charge in [0.1, 0.15) is 0 Å². The maximum Gasteiger partial charge on any atom is 0.328 e. The van der Waals surface area contributed by atoms with Gasteiger partial charge in [-0.1, -0.05) is 11.6 Å². The third-order valence-corrected chi connectivity index (χ3v) is 2.84. The molecule has 0 aromatic heterocycles. The fraction of sp³-hybridized carbons (Fsp3) is 0.400. The lowest BCUT2D eigenvalue weighted by molar-refractivity contribution is -0.131. The van der Waals surface area contributed by atoms with E-state index < -0.39 is 5.97 Å². The Morgan fingerprint density at radius 1 is 1.47 bits per heavy atom. The molecular formula is C15H21NO3. The van der Waals surface area contributed by atoms with Crippen LogP contribution in [0.15, 0.2) is 24.3 Å². The van der Waals surface area contributed by atoms with Crippen molar-refractivity contribution in [1.29, 1.82) is 0 Å². The van der Waals surface area contributed by atoms with Gasteiger partial charge < -0.3 is 14.7 Å². The summed E-state index contributed by atoms with van der Waals surface area (Å²) in [7, 11) is 3.69. The smallest absolute Gasteiger partial charge is 0.328 e. The van der Waals surface area contributed by atoms with Crippen LogP contribution in [0.2, 0.25) is 0 Å². The summed E-state index contributed by atoms with van der Waals surface area (Å²) in [6, 6.07) is 6.03. The van der Waals surface area contributed by atoms with Gasteiger partial charge in [-0.05, 0) is 37.1 Å². The van der Waals surface area contributed by atoms with Crippen molar-refractivity contribution in [3.05, 3.63) is 35.4 Å². The number of methoxy groups -OCH3 is 1. The Labute approximate surface area is 114 Å². The van der Waals surface area contributed by atoms with E-state index in [0.29, 0.717) is 0 Å². The van der Waals surface area contributed by atoms with E-state index in [1.54, 1.807) is 13.2 Å². The van der Waals surface area contributed by atoms with E-state index in [2.05, 4.69) is 4.90 Å². The molecule has 0 bridgehead atoms. The maximum absolute atomic E-state index is 10.6. The van der Waals surface area contributed by atoms with Crippen LogP contribution in [0.4, 0.5) is 5.69 Å². The number of benzene rings is 1. The number of hydrogen-bond acceptors (Lipinski definition) is 3. The molecule has 0 fully saturated rings. The van der Waals surface area contributed by atoms with Crippen molar-refractivity contribution in [2.24, 2.45) is 0 Å². The molecule has 19 heavy (non-hydrogen) atoms. The Balaban J connectivity index is 2.89. The first kappa shape index (κ1) is 15.2. The van der Waals surface area contributed by atoms with Gasteiger partial charge in [0.2, 0.25) is 0 Å². The van der Waals surface area contributed by atoms with Crippen molar-refractivity contribution >= 4 is 17.7 Å². The Hall–Kier alpha value is -1.81. The molecule has 0 aliphatic carbocycles. The number of nitrogens with zero attached hydrogens (tertiary/aromatic N) is 1. The number of hydrogen-bond donors (Lipinski definition) is 1. The van der Waals surface area contributed by atoms with Gasteiger partial charge in [-0.2, -0.15) is 0 Å². The molecule has 0 aliphatic rings. The summed E-state index contributed by atoms with van der Waals surface area (Å²) in [6.07, 6.45) is 3.74. The highest BCUT2D eigenvalue weighted by Gasteiger charge is 2.06. The topological polar surface area (TPSA) is 49.8 Å². The molecule has 0 spiro atoms. The van der Waals surface area contributed by atoms with Crippen LogP contribution >= 0.6 is 0 Å². The Bertz CT molecular complexity index is 455. The molecule has 0 atom stereocenters. The zero-order valence-corrected chi connectivity index (χ0v) is 11.7. The van der Waals surface area contributed by atoms with Crippen molar-refractivity contribution in [1.82, 2.24) is 0 Å². The highest BCUT2D eigenvalue weighted by Crippen LogP contribution is 2.22. The van der Waals surface area contributed by atoms with Gasteiger partial charge in [-0.15, -0.1) is 0 Å². The molecule has 1 aromatic carbocycles. The predicted octanol–water partition coefficient (Wildman–Crippen LogP) is 2.57. The average Bonchev–Trinajstić information content (AvgIpc) is 2.36. The predicted molar refractivity (Wildman–Crippen MR) is 77.6 cm³/mol. The normalized spacial score (nSPS) is 10.9. The lowest BCUT2D eigenvalue weighted by Gasteiger charge is -2.21. The van der Waals surface area contributed by atoms with Gasteiger partial charge in [0.25, 0.3) is 0 Å². The van der Waals surface area contributed by atoms with Gasteiger partial charge in [0.05, 0.1) is 0 Å². The van der Waals surface area contributed by atoms with E-state index in [1.165, 1.54) is 6.08 Å². The lowest BCUT2D eigenvalue weighted by Crippen LogP contribution is -2.20. The SMILES string of the molecule is COCCCN(C)c1ccc(C)cc1/C=C/C(=O)O. The third-order valence-electron chi connectivity index (χ3n) is 2.84. The molecule has 0 aliphatic heterocycles. The molecule has 0 saturated carbocycles. The summed E-state index contributed by atoms with van der Waals surface area (Å²) in [5.74, 6) is -0.936. The second kappa shape index (κ2) is 7.59. The summed E-state index contributed by atoms with van der Waals surface area (Å²) in [4.78, 5) is 12.7. The number of aryl methyl sites for hydroxylation is 1. The van der Waals surface area contributed by atoms with Crippen molar-refractivity contribution in [3.63, 3.8) is 0 Å². The fourth-order valence-corrected chi connectivity index (χ4v) is 1.88. The van der Waals surface area contributed by atoms with E-state index in [9.17, 15) is 4.79 Å². The molecule has 4 nitrogen and oxygen atoms in total. The largest absolute Gasteiger partial charge is 0.478 e. The van der Waals surface area contributed by atoms with Crippen molar-refractivity contribution in [2.75, 3.05) is 32.2 Å². The number of carboxylic acids is 1. The molecule has 0 saturated heterocycles. The molecule has 104 valence electrons. The average molecular weight is 263 g/mol. The second-order valence-corrected chi connectivity index (χ2v) is 4.50. The minimum atomic E-state index is -0.936. The van der Waals surface area contributed by atoms with Crippen LogP contribution in [0.1, 0.15) is 17.5 Å². The first-order chi connectivity index (χ1) is 9.04. The summed E-state index contributed by atoms with van der Waals surface area (Å²) in [5, 5.41) is 8.73. The van der Waals surface area contributed by atoms with Crippen LogP contribution in [0.25, 0.3) is 6.08 Å². The first-order valence-electron chi connectivity index (χ1n) is 6.26. The number of aliphatic carboxylic acids is 1. The van der Waals surface area contributed by atoms with E-state index in [-0.39, 0.29) is 0 Å². The second-order valence-electron chi connectivity index (χ2n) is 4.50. The molecule has 0 amide bonds. The highest BCUT2D eigenvalue weighted by atomic mass is 16.5. The van der Waals surface area contributed by atoms with Gasteiger partial charge in [0, 0.05) is 39.1 Å². The van der Waals surface area contributed by atoms with E-state index >= 15 is 0 Å². The summed E-state index contributed by atoms with van der Waals surface area (Å²) in [6.45, 7) is 3.58. The van der Waals surface area contributed by atoms with Crippen LogP contribution in [0, 0.1) is 6.92 Å². The number of carboxylic acid groups (broad SMARTS) is 1. The summed E-state index contributed by atoms with van der Waals surface area (Å²) >= 11 is 0. The monoisotopic (exact) mass is 263 g/mol. The van der Waals surface area contributed by atoms with Crippen LogP contribution < -0.4 is 4.90 Å². The van der Waals surface area contributed by atoms with Crippen LogP contribution in [0.3, 0.4) is 0 Å². The fourth-order valence-electron chi connectivity index (χ4n) is 1.88. The van der Waals surface area contributed by atoms with Gasteiger partial charge in [0.15, 0.2) is 0 Å². The minimum absolute atomic E-state index is 0.719. The van der Waals surface area contributed by atoms with E-state index in [4.69, 9.17) is 9.84 Å². The lowest BCUT2D eigenvalue weighted by atomic mass is 10.1. The molecule has 0 heterocycles. The molecule has 4 heteroatoms. The van der Waals surface area contributed by atoms with Gasteiger partial charge >= 0.3 is 5.97 Å². The maximum atomic E-state index is 10.6. The zero-order chi connectivity index (χ0) is 14.3. The highest BCUT2D eigenvalue weighted by molar-refractivity contribution is 5.87. The van der Waals surface area contributed by atoms with Gasteiger partial charge in [-0.25, -0.2) is 4.79 Å². The Kier molecular flexibility index (Phi) is 6.09. The van der Waals surface area contributed by atoms with Gasteiger partial charge in [-0.3, -0.25) is 0 Å². The minimum Gasteiger partial charge on any atom is -0.478 e. The molecule has 1 rings (SSSR count). The number of ether oxygens (including phenoxy) is 1. The molecular weight excluding hydrogens is 242 g/mol. The standard InChI is InChI=1S/C15H21NO3/c1-12-5-7-14(16(2)9-4-10-19-3)13(11-12)6-8-15(17)18/h5-8,11H,4,9-10H2,1-3H3,(H,17,18)/b8-6+. The molecule has 1 N–H and O–H groups in total. The first-order valence-corrected chi connectivity index (χ1v) is 6.26. The molecule has 0 unspecified atom stereocenters. The Morgan fingerprint density at radius 3 is 2.84 bits per heavy atom. The van der Waals surface area contributed by atoms with Crippen molar-refractivity contribution in [2.45, 2.75) is 13.3 Å². The van der Waals surface area contributed by atoms with Crippen LogP contribution in [0.5, 0.6) is 0 Å². The molecule has 0 radical (unpaired) electrons. The quantitative estimate of drug-likeness (QED) is 0.607. The zero-order valence-electron chi connectivity index (χ0n) is 11.7. The van der Waals surface area contributed by atoms with E-state index in [1.807, 2.05) is 32.2 Å². The Morgan fingerprint density at radius 2 is 2.21 bits per heavy atom. The number of carbonyl (C=O) groups is 1. The van der Waals surface area contributed by atoms with Crippen molar-refractivity contribution < 1.29 is 14.6 Å². The molecule has 1 aromatic rings. The van der Waals surface area contributed by atoms with Crippen LogP contribution in [-0.4, -0.2) is 38.4 Å². The van der Waals surface area contributed by atoms with Crippen molar-refractivity contribution in [3.8, 4) is 0 Å². The van der Waals surface area contributed by atoms with Crippen LogP contribution in [-0.2, 0) is 9.53 Å². The third kappa shape index (κ3) is 5.14. The summed E-state index contributed by atoms with van der Waals surface area (Å²) < 4.78 is 5.04. The summed E-state index contributed by atoms with van der Waals surface area (Å²) in [5.41, 5.74) is 3.06. The van der Waals surface area contributed by atoms with E-state index in [0.717, 1.165) is 36.4 Å². The number of anilines is 1. The number of rotatable bonds is 7.